The Kier molecular flexibility index (Phi) is 4.59. The summed E-state index contributed by atoms with van der Waals surface area (Å²) in [5, 5.41) is 9.19. The summed E-state index contributed by atoms with van der Waals surface area (Å²) < 4.78 is 37.3. The number of alkyl halides is 3. The van der Waals surface area contributed by atoms with E-state index in [-0.39, 0.29) is 0 Å². The Morgan fingerprint density at radius 2 is 1.81 bits per heavy atom. The normalized spacial score (nSPS) is 12.7. The number of rotatable bonds is 4. The summed E-state index contributed by atoms with van der Waals surface area (Å²) in [4.78, 5) is 3.40. The molecule has 1 atom stereocenters. The lowest BCUT2D eigenvalue weighted by Crippen LogP contribution is -2.08. The molecule has 5 heteroatoms. The SMILES string of the molecule is N#CC(CCc1ccccc1)c1ccc(C(F)(F)F)nc1. The van der Waals surface area contributed by atoms with E-state index in [9.17, 15) is 18.4 Å². The van der Waals surface area contributed by atoms with Gasteiger partial charge in [-0.3, -0.25) is 4.98 Å². The number of nitrogens with zero attached hydrogens (tertiary/aromatic N) is 2. The number of aryl methyl sites for hydroxylation is 1. The molecule has 0 aliphatic rings. The number of pyridine rings is 1. The number of halogens is 3. The van der Waals surface area contributed by atoms with Gasteiger partial charge in [-0.15, -0.1) is 0 Å². The Morgan fingerprint density at radius 1 is 1.10 bits per heavy atom. The van der Waals surface area contributed by atoms with Gasteiger partial charge in [-0.2, -0.15) is 18.4 Å². The van der Waals surface area contributed by atoms with E-state index in [1.165, 1.54) is 6.07 Å². The van der Waals surface area contributed by atoms with Crippen LogP contribution >= 0.6 is 0 Å². The molecule has 0 radical (unpaired) electrons. The van der Waals surface area contributed by atoms with Gasteiger partial charge in [0.05, 0.1) is 12.0 Å². The molecule has 0 spiro atoms. The molecule has 2 rings (SSSR count). The number of aromatic nitrogens is 1. The van der Waals surface area contributed by atoms with Crippen molar-refractivity contribution in [2.45, 2.75) is 24.9 Å². The van der Waals surface area contributed by atoms with Gasteiger partial charge in [0.2, 0.25) is 0 Å². The molecule has 0 saturated heterocycles. The molecule has 0 fully saturated rings. The zero-order valence-electron chi connectivity index (χ0n) is 11.1. The molecule has 1 unspecified atom stereocenters. The van der Waals surface area contributed by atoms with Crippen LogP contribution in [0.4, 0.5) is 13.2 Å². The summed E-state index contributed by atoms with van der Waals surface area (Å²) in [6.45, 7) is 0. The highest BCUT2D eigenvalue weighted by atomic mass is 19.4. The zero-order chi connectivity index (χ0) is 15.3. The second-order valence-electron chi connectivity index (χ2n) is 4.68. The first-order valence-electron chi connectivity index (χ1n) is 6.47. The van der Waals surface area contributed by atoms with Crippen LogP contribution in [0, 0.1) is 11.3 Å². The Morgan fingerprint density at radius 3 is 2.33 bits per heavy atom. The Balaban J connectivity index is 2.06. The van der Waals surface area contributed by atoms with Gasteiger partial charge in [0.1, 0.15) is 5.69 Å². The molecule has 0 amide bonds. The smallest absolute Gasteiger partial charge is 0.251 e. The number of nitriles is 1. The van der Waals surface area contributed by atoms with Crippen molar-refractivity contribution in [2.24, 2.45) is 0 Å². The van der Waals surface area contributed by atoms with E-state index in [0.29, 0.717) is 18.4 Å². The van der Waals surface area contributed by atoms with Gasteiger partial charge >= 0.3 is 6.18 Å². The fraction of sp³-hybridized carbons (Fsp3) is 0.250. The van der Waals surface area contributed by atoms with Crippen molar-refractivity contribution in [1.82, 2.24) is 4.98 Å². The zero-order valence-corrected chi connectivity index (χ0v) is 11.1. The standard InChI is InChI=1S/C16H13F3N2/c17-16(18,19)15-9-8-14(11-21-15)13(10-20)7-6-12-4-2-1-3-5-12/h1-5,8-9,11,13H,6-7H2. The van der Waals surface area contributed by atoms with E-state index in [4.69, 9.17) is 0 Å². The van der Waals surface area contributed by atoms with Crippen LogP contribution in [0.1, 0.15) is 29.2 Å². The van der Waals surface area contributed by atoms with Crippen molar-refractivity contribution in [3.05, 3.63) is 65.5 Å². The molecular formula is C16H13F3N2. The molecule has 1 aromatic heterocycles. The highest BCUT2D eigenvalue weighted by Crippen LogP contribution is 2.29. The van der Waals surface area contributed by atoms with Crippen LogP contribution in [0.15, 0.2) is 48.7 Å². The minimum absolute atomic E-state index is 0.458. The first kappa shape index (κ1) is 15.0. The molecule has 0 saturated carbocycles. The summed E-state index contributed by atoms with van der Waals surface area (Å²) >= 11 is 0. The highest BCUT2D eigenvalue weighted by Gasteiger charge is 2.32. The predicted molar refractivity (Wildman–Crippen MR) is 72.4 cm³/mol. The van der Waals surface area contributed by atoms with Crippen molar-refractivity contribution in [3.8, 4) is 6.07 Å². The molecule has 2 aromatic rings. The Bertz CT molecular complexity index is 613. The van der Waals surface area contributed by atoms with E-state index in [1.807, 2.05) is 30.3 Å². The van der Waals surface area contributed by atoms with E-state index in [2.05, 4.69) is 11.1 Å². The van der Waals surface area contributed by atoms with Gasteiger partial charge in [0.15, 0.2) is 0 Å². The quantitative estimate of drug-likeness (QED) is 0.839. The van der Waals surface area contributed by atoms with Gasteiger partial charge in [-0.25, -0.2) is 0 Å². The summed E-state index contributed by atoms with van der Waals surface area (Å²) in [5.41, 5.74) is 0.671. The highest BCUT2D eigenvalue weighted by molar-refractivity contribution is 5.25. The van der Waals surface area contributed by atoms with Crippen LogP contribution < -0.4 is 0 Å². The molecule has 2 nitrogen and oxygen atoms in total. The van der Waals surface area contributed by atoms with Crippen LogP contribution in [0.5, 0.6) is 0 Å². The van der Waals surface area contributed by atoms with Crippen molar-refractivity contribution >= 4 is 0 Å². The number of benzene rings is 1. The fourth-order valence-corrected chi connectivity index (χ4v) is 2.04. The lowest BCUT2D eigenvalue weighted by Gasteiger charge is -2.11. The molecule has 0 aliphatic carbocycles. The molecular weight excluding hydrogens is 277 g/mol. The monoisotopic (exact) mass is 290 g/mol. The second kappa shape index (κ2) is 6.40. The average Bonchev–Trinajstić information content (AvgIpc) is 2.48. The fourth-order valence-electron chi connectivity index (χ4n) is 2.04. The third-order valence-corrected chi connectivity index (χ3v) is 3.20. The predicted octanol–water partition coefficient (Wildman–Crippen LogP) is 4.34. The van der Waals surface area contributed by atoms with Gasteiger partial charge in [-0.1, -0.05) is 36.4 Å². The van der Waals surface area contributed by atoms with Crippen LogP contribution in [0.2, 0.25) is 0 Å². The van der Waals surface area contributed by atoms with Gasteiger partial charge < -0.3 is 0 Å². The Labute approximate surface area is 120 Å². The lowest BCUT2D eigenvalue weighted by molar-refractivity contribution is -0.141. The minimum Gasteiger partial charge on any atom is -0.251 e. The van der Waals surface area contributed by atoms with E-state index < -0.39 is 17.8 Å². The number of hydrogen-bond donors (Lipinski definition) is 0. The van der Waals surface area contributed by atoms with Crippen LogP contribution in [-0.2, 0) is 12.6 Å². The summed E-state index contributed by atoms with van der Waals surface area (Å²) in [7, 11) is 0. The van der Waals surface area contributed by atoms with Gasteiger partial charge in [-0.05, 0) is 30.0 Å². The molecule has 1 heterocycles. The van der Waals surface area contributed by atoms with Gasteiger partial charge in [0.25, 0.3) is 0 Å². The second-order valence-corrected chi connectivity index (χ2v) is 4.68. The van der Waals surface area contributed by atoms with E-state index >= 15 is 0 Å². The average molecular weight is 290 g/mol. The van der Waals surface area contributed by atoms with E-state index in [1.54, 1.807) is 0 Å². The summed E-state index contributed by atoms with van der Waals surface area (Å²) in [6.07, 6.45) is -2.07. The molecule has 1 aromatic carbocycles. The third kappa shape index (κ3) is 4.06. The first-order valence-corrected chi connectivity index (χ1v) is 6.47. The van der Waals surface area contributed by atoms with Crippen molar-refractivity contribution in [2.75, 3.05) is 0 Å². The molecule has 0 bridgehead atoms. The maximum Gasteiger partial charge on any atom is 0.433 e. The minimum atomic E-state index is -4.45. The van der Waals surface area contributed by atoms with Crippen LogP contribution in [0.3, 0.4) is 0 Å². The molecule has 0 aliphatic heterocycles. The van der Waals surface area contributed by atoms with E-state index in [0.717, 1.165) is 17.8 Å². The maximum absolute atomic E-state index is 12.4. The van der Waals surface area contributed by atoms with Crippen molar-refractivity contribution < 1.29 is 13.2 Å². The van der Waals surface area contributed by atoms with Crippen molar-refractivity contribution in [3.63, 3.8) is 0 Å². The first-order chi connectivity index (χ1) is 10.0. The molecule has 108 valence electrons. The largest absolute Gasteiger partial charge is 0.433 e. The van der Waals surface area contributed by atoms with Crippen molar-refractivity contribution in [1.29, 1.82) is 5.26 Å². The lowest BCUT2D eigenvalue weighted by atomic mass is 9.94. The summed E-state index contributed by atoms with van der Waals surface area (Å²) in [6, 6.07) is 14.0. The van der Waals surface area contributed by atoms with Crippen LogP contribution in [0.25, 0.3) is 0 Å². The van der Waals surface area contributed by atoms with Gasteiger partial charge in [0, 0.05) is 6.20 Å². The van der Waals surface area contributed by atoms with Crippen LogP contribution in [-0.4, -0.2) is 4.98 Å². The summed E-state index contributed by atoms with van der Waals surface area (Å²) in [5.74, 6) is -0.458. The molecule has 0 N–H and O–H groups in total. The topological polar surface area (TPSA) is 36.7 Å². The molecule has 21 heavy (non-hydrogen) atoms. The number of hydrogen-bond acceptors (Lipinski definition) is 2. The Hall–Kier alpha value is -2.35. The third-order valence-electron chi connectivity index (χ3n) is 3.20. The maximum atomic E-state index is 12.4.